The van der Waals surface area contributed by atoms with Crippen LogP contribution in [0.1, 0.15) is 34.5 Å². The molecule has 0 saturated carbocycles. The van der Waals surface area contributed by atoms with Crippen LogP contribution < -0.4 is 0 Å². The predicted octanol–water partition coefficient (Wildman–Crippen LogP) is 2.17. The molecule has 29 heavy (non-hydrogen) atoms. The van der Waals surface area contributed by atoms with E-state index < -0.39 is 6.04 Å². The number of hydrogen-bond donors (Lipinski definition) is 0. The summed E-state index contributed by atoms with van der Waals surface area (Å²) in [6, 6.07) is 7.68. The lowest BCUT2D eigenvalue weighted by atomic mass is 10.0. The number of ether oxygens (including phenoxy) is 1. The average molecular weight is 396 g/mol. The summed E-state index contributed by atoms with van der Waals surface area (Å²) in [5, 5.41) is 4.47. The van der Waals surface area contributed by atoms with Crippen molar-refractivity contribution < 1.29 is 14.3 Å². The van der Waals surface area contributed by atoms with Crippen LogP contribution in [0.3, 0.4) is 0 Å². The van der Waals surface area contributed by atoms with Gasteiger partial charge in [-0.25, -0.2) is 0 Å². The first-order valence-corrected chi connectivity index (χ1v) is 10.2. The number of carbonyl (C=O) groups is 2. The Labute approximate surface area is 171 Å². The van der Waals surface area contributed by atoms with Crippen molar-refractivity contribution >= 4 is 11.8 Å². The zero-order valence-corrected chi connectivity index (χ0v) is 17.4. The van der Waals surface area contributed by atoms with Crippen molar-refractivity contribution in [3.05, 3.63) is 41.1 Å². The van der Waals surface area contributed by atoms with Crippen molar-refractivity contribution in [3.8, 4) is 11.3 Å². The van der Waals surface area contributed by atoms with E-state index in [1.165, 1.54) is 11.1 Å². The number of aromatic nitrogens is 2. The van der Waals surface area contributed by atoms with Crippen LogP contribution >= 0.6 is 0 Å². The fourth-order valence-corrected chi connectivity index (χ4v) is 4.15. The zero-order chi connectivity index (χ0) is 20.5. The van der Waals surface area contributed by atoms with Crippen molar-refractivity contribution in [2.45, 2.75) is 32.7 Å². The Hall–Kier alpha value is -2.67. The van der Waals surface area contributed by atoms with Crippen LogP contribution in [-0.4, -0.2) is 70.3 Å². The summed E-state index contributed by atoms with van der Waals surface area (Å²) in [5.74, 6) is -0.135. The molecule has 4 rings (SSSR count). The fourth-order valence-electron chi connectivity index (χ4n) is 4.15. The Kier molecular flexibility index (Phi) is 5.41. The van der Waals surface area contributed by atoms with Crippen molar-refractivity contribution in [2.75, 3.05) is 32.8 Å². The van der Waals surface area contributed by atoms with Gasteiger partial charge in [-0.1, -0.05) is 12.1 Å². The number of nitrogens with zero attached hydrogens (tertiary/aromatic N) is 4. The minimum absolute atomic E-state index is 0.0319. The Morgan fingerprint density at radius 3 is 2.55 bits per heavy atom. The van der Waals surface area contributed by atoms with Crippen LogP contribution in [0.15, 0.2) is 24.3 Å². The molecule has 2 fully saturated rings. The molecule has 0 spiro atoms. The molecule has 0 bridgehead atoms. The topological polar surface area (TPSA) is 67.7 Å². The lowest BCUT2D eigenvalue weighted by Gasteiger charge is -2.32. The average Bonchev–Trinajstić information content (AvgIpc) is 3.37. The molecule has 154 valence electrons. The Bertz CT molecular complexity index is 930. The van der Waals surface area contributed by atoms with E-state index in [1.54, 1.807) is 9.58 Å². The van der Waals surface area contributed by atoms with Gasteiger partial charge in [-0.3, -0.25) is 14.3 Å². The van der Waals surface area contributed by atoms with Crippen molar-refractivity contribution in [3.63, 3.8) is 0 Å². The maximum Gasteiger partial charge on any atom is 0.275 e. The Balaban J connectivity index is 1.56. The molecule has 2 aromatic rings. The molecule has 1 aromatic heterocycles. The molecule has 2 aliphatic heterocycles. The second-order valence-corrected chi connectivity index (χ2v) is 7.93. The number of rotatable bonds is 3. The van der Waals surface area contributed by atoms with Crippen LogP contribution in [0.5, 0.6) is 0 Å². The molecule has 2 amide bonds. The van der Waals surface area contributed by atoms with Gasteiger partial charge in [0.25, 0.3) is 5.91 Å². The summed E-state index contributed by atoms with van der Waals surface area (Å²) in [4.78, 5) is 29.7. The minimum Gasteiger partial charge on any atom is -0.378 e. The predicted molar refractivity (Wildman–Crippen MR) is 110 cm³/mol. The number of benzene rings is 1. The van der Waals surface area contributed by atoms with Crippen LogP contribution in [0.2, 0.25) is 0 Å². The molecule has 1 aromatic carbocycles. The van der Waals surface area contributed by atoms with E-state index in [0.717, 1.165) is 17.7 Å². The Morgan fingerprint density at radius 2 is 1.83 bits per heavy atom. The van der Waals surface area contributed by atoms with E-state index in [4.69, 9.17) is 4.74 Å². The quantitative estimate of drug-likeness (QED) is 0.797. The molecule has 0 N–H and O–H groups in total. The van der Waals surface area contributed by atoms with Gasteiger partial charge in [0.2, 0.25) is 5.91 Å². The first-order valence-electron chi connectivity index (χ1n) is 10.2. The normalized spacial score (nSPS) is 19.6. The molecule has 1 atom stereocenters. The molecule has 0 radical (unpaired) electrons. The first-order chi connectivity index (χ1) is 14.0. The maximum absolute atomic E-state index is 13.2. The van der Waals surface area contributed by atoms with E-state index in [0.29, 0.717) is 45.0 Å². The number of morpholine rings is 1. The molecule has 0 unspecified atom stereocenters. The zero-order valence-electron chi connectivity index (χ0n) is 17.4. The third-order valence-electron chi connectivity index (χ3n) is 6.02. The first kappa shape index (κ1) is 19.6. The SMILES string of the molecule is Cc1ccc(-c2cc(C(=O)N3CCC[C@H]3C(=O)N3CCOCC3)nn2C)cc1C. The van der Waals surface area contributed by atoms with Gasteiger partial charge < -0.3 is 14.5 Å². The summed E-state index contributed by atoms with van der Waals surface area (Å²) in [5.41, 5.74) is 4.75. The second-order valence-electron chi connectivity index (χ2n) is 7.93. The third kappa shape index (κ3) is 3.79. The van der Waals surface area contributed by atoms with Gasteiger partial charge >= 0.3 is 0 Å². The number of likely N-dealkylation sites (tertiary alicyclic amines) is 1. The van der Waals surface area contributed by atoms with E-state index >= 15 is 0 Å². The molecular weight excluding hydrogens is 368 g/mol. The minimum atomic E-state index is -0.396. The van der Waals surface area contributed by atoms with E-state index in [1.807, 2.05) is 24.1 Å². The molecule has 7 nitrogen and oxygen atoms in total. The molecule has 7 heteroatoms. The van der Waals surface area contributed by atoms with E-state index in [-0.39, 0.29) is 11.8 Å². The maximum atomic E-state index is 13.2. The highest BCUT2D eigenvalue weighted by Crippen LogP contribution is 2.26. The summed E-state index contributed by atoms with van der Waals surface area (Å²) >= 11 is 0. The van der Waals surface area contributed by atoms with Gasteiger partial charge in [-0.2, -0.15) is 5.10 Å². The largest absolute Gasteiger partial charge is 0.378 e. The van der Waals surface area contributed by atoms with Gasteiger partial charge in [-0.05, 0) is 49.9 Å². The van der Waals surface area contributed by atoms with Crippen LogP contribution in [0, 0.1) is 13.8 Å². The van der Waals surface area contributed by atoms with Crippen molar-refractivity contribution in [1.82, 2.24) is 19.6 Å². The van der Waals surface area contributed by atoms with Crippen molar-refractivity contribution in [1.29, 1.82) is 0 Å². The lowest BCUT2D eigenvalue weighted by Crippen LogP contribution is -2.51. The molecule has 2 aliphatic rings. The van der Waals surface area contributed by atoms with E-state index in [9.17, 15) is 9.59 Å². The highest BCUT2D eigenvalue weighted by Gasteiger charge is 2.38. The van der Waals surface area contributed by atoms with E-state index in [2.05, 4.69) is 31.1 Å². The van der Waals surface area contributed by atoms with Gasteiger partial charge in [0.05, 0.1) is 18.9 Å². The molecule has 3 heterocycles. The van der Waals surface area contributed by atoms with Crippen molar-refractivity contribution in [2.24, 2.45) is 7.05 Å². The lowest BCUT2D eigenvalue weighted by molar-refractivity contribution is -0.139. The highest BCUT2D eigenvalue weighted by molar-refractivity contribution is 5.97. The van der Waals surface area contributed by atoms with Crippen LogP contribution in [0.25, 0.3) is 11.3 Å². The van der Waals surface area contributed by atoms with Crippen LogP contribution in [0.4, 0.5) is 0 Å². The smallest absolute Gasteiger partial charge is 0.275 e. The number of amides is 2. The van der Waals surface area contributed by atoms with Gasteiger partial charge in [0, 0.05) is 32.2 Å². The van der Waals surface area contributed by atoms with Gasteiger partial charge in [-0.15, -0.1) is 0 Å². The van der Waals surface area contributed by atoms with Gasteiger partial charge in [0.15, 0.2) is 5.69 Å². The van der Waals surface area contributed by atoms with Crippen LogP contribution in [-0.2, 0) is 16.6 Å². The standard InChI is InChI=1S/C22H28N4O3/c1-15-6-7-17(13-16(15)2)20-14-18(23-24(20)3)21(27)26-8-4-5-19(26)22(28)25-9-11-29-12-10-25/h6-7,13-14,19H,4-5,8-12H2,1-3H3/t19-/m0/s1. The monoisotopic (exact) mass is 396 g/mol. The fraction of sp³-hybridized carbons (Fsp3) is 0.500. The summed E-state index contributed by atoms with van der Waals surface area (Å²) < 4.78 is 7.08. The summed E-state index contributed by atoms with van der Waals surface area (Å²) in [6.45, 7) is 7.06. The third-order valence-corrected chi connectivity index (χ3v) is 6.02. The number of hydrogen-bond acceptors (Lipinski definition) is 4. The second kappa shape index (κ2) is 7.99. The molecular formula is C22H28N4O3. The number of aryl methyl sites for hydroxylation is 3. The summed E-state index contributed by atoms with van der Waals surface area (Å²) in [7, 11) is 1.85. The molecule has 0 aliphatic carbocycles. The Morgan fingerprint density at radius 1 is 1.07 bits per heavy atom. The molecule has 2 saturated heterocycles. The number of carbonyl (C=O) groups excluding carboxylic acids is 2. The highest BCUT2D eigenvalue weighted by atomic mass is 16.5. The van der Waals surface area contributed by atoms with Gasteiger partial charge in [0.1, 0.15) is 6.04 Å². The summed E-state index contributed by atoms with van der Waals surface area (Å²) in [6.07, 6.45) is 1.54.